The van der Waals surface area contributed by atoms with Gasteiger partial charge in [-0.05, 0) is 30.4 Å². The lowest BCUT2D eigenvalue weighted by molar-refractivity contribution is -0.0656. The van der Waals surface area contributed by atoms with E-state index in [1.807, 2.05) is 30.3 Å². The average molecular weight is 412 g/mol. The molecule has 0 N–H and O–H groups in total. The fourth-order valence-electron chi connectivity index (χ4n) is 2.37. The fraction of sp³-hybridized carbons (Fsp3) is 0.158. The molecule has 5 nitrogen and oxygen atoms in total. The number of alkyl halides is 3. The van der Waals surface area contributed by atoms with Gasteiger partial charge in [0, 0.05) is 11.1 Å². The van der Waals surface area contributed by atoms with Crippen LogP contribution in [0, 0.1) is 0 Å². The van der Waals surface area contributed by atoms with Gasteiger partial charge in [-0.1, -0.05) is 42.5 Å². The first-order valence-electron chi connectivity index (χ1n) is 8.08. The van der Waals surface area contributed by atoms with Gasteiger partial charge in [0.1, 0.15) is 18.1 Å². The molecule has 0 radical (unpaired) electrons. The zero-order chi connectivity index (χ0) is 20.2. The van der Waals surface area contributed by atoms with E-state index in [1.54, 1.807) is 18.2 Å². The Bertz CT molecular complexity index is 997. The van der Waals surface area contributed by atoms with E-state index in [0.29, 0.717) is 12.2 Å². The molecule has 2 aliphatic heterocycles. The minimum atomic E-state index is -5.68. The maximum Gasteiger partial charge on any atom is 0.523 e. The summed E-state index contributed by atoms with van der Waals surface area (Å²) >= 11 is 0. The average Bonchev–Trinajstić information content (AvgIpc) is 2.67. The molecule has 0 spiro atoms. The zero-order valence-electron chi connectivity index (χ0n) is 14.3. The van der Waals surface area contributed by atoms with Crippen molar-refractivity contribution < 1.29 is 35.2 Å². The Morgan fingerprint density at radius 2 is 1.54 bits per heavy atom. The van der Waals surface area contributed by atoms with Crippen LogP contribution < -0.4 is 9.47 Å². The van der Waals surface area contributed by atoms with E-state index < -0.39 is 21.9 Å². The van der Waals surface area contributed by atoms with Gasteiger partial charge in [0.25, 0.3) is 0 Å². The molecule has 2 aromatic rings. The number of benzene rings is 2. The van der Waals surface area contributed by atoms with Crippen LogP contribution in [0.15, 0.2) is 60.7 Å². The van der Waals surface area contributed by atoms with Crippen molar-refractivity contribution in [1.29, 1.82) is 0 Å². The number of rotatable bonds is 2. The van der Waals surface area contributed by atoms with Crippen molar-refractivity contribution in [2.75, 3.05) is 6.61 Å². The smallest absolute Gasteiger partial charge is 0.489 e. The Labute approximate surface area is 159 Å². The second-order valence-corrected chi connectivity index (χ2v) is 7.19. The van der Waals surface area contributed by atoms with Crippen molar-refractivity contribution in [3.63, 3.8) is 0 Å². The summed E-state index contributed by atoms with van der Waals surface area (Å²) in [6.45, 7) is 0.705. The van der Waals surface area contributed by atoms with E-state index in [2.05, 4.69) is 10.3 Å². The number of halogens is 3. The molecular weight excluding hydrogens is 397 g/mol. The number of hydrogen-bond acceptors (Lipinski definition) is 5. The second kappa shape index (κ2) is 8.07. The molecule has 0 amide bonds. The fourth-order valence-corrected chi connectivity index (χ4v) is 2.83. The first-order valence-corrected chi connectivity index (χ1v) is 9.49. The van der Waals surface area contributed by atoms with E-state index in [1.165, 1.54) is 17.7 Å². The highest BCUT2D eigenvalue weighted by molar-refractivity contribution is 7.87. The second-order valence-electron chi connectivity index (χ2n) is 5.63. The molecule has 148 valence electrons. The van der Waals surface area contributed by atoms with Crippen LogP contribution in [0.4, 0.5) is 13.2 Å². The summed E-state index contributed by atoms with van der Waals surface area (Å²) in [5, 5.41) is 0. The van der Waals surface area contributed by atoms with Gasteiger partial charge in [-0.3, -0.25) is 0 Å². The molecule has 0 fully saturated rings. The zero-order valence-corrected chi connectivity index (χ0v) is 15.1. The van der Waals surface area contributed by atoms with Crippen LogP contribution in [0.5, 0.6) is 11.5 Å². The summed E-state index contributed by atoms with van der Waals surface area (Å²) in [7, 11) is -5.68. The Hall–Kier alpha value is -2.78. The third kappa shape index (κ3) is 4.73. The van der Waals surface area contributed by atoms with E-state index in [-0.39, 0.29) is 5.75 Å². The summed E-state index contributed by atoms with van der Waals surface area (Å²) in [6.07, 6.45) is 4.99. The van der Waals surface area contributed by atoms with Gasteiger partial charge in [0.05, 0.1) is 0 Å². The molecule has 1 unspecified atom stereocenters. The van der Waals surface area contributed by atoms with Gasteiger partial charge in [0.2, 0.25) is 6.29 Å². The van der Waals surface area contributed by atoms with Gasteiger partial charge >= 0.3 is 15.6 Å². The van der Waals surface area contributed by atoms with Gasteiger partial charge in [-0.2, -0.15) is 21.6 Å². The van der Waals surface area contributed by atoms with Crippen molar-refractivity contribution in [1.82, 2.24) is 0 Å². The minimum absolute atomic E-state index is 0.252. The molecule has 0 aromatic heterocycles. The van der Waals surface area contributed by atoms with Crippen molar-refractivity contribution in [2.45, 2.75) is 11.8 Å². The molecule has 0 saturated heterocycles. The third-order valence-electron chi connectivity index (χ3n) is 3.65. The largest absolute Gasteiger partial charge is 0.523 e. The van der Waals surface area contributed by atoms with E-state index >= 15 is 0 Å². The van der Waals surface area contributed by atoms with Crippen LogP contribution in [0.2, 0.25) is 0 Å². The van der Waals surface area contributed by atoms with Crippen LogP contribution in [0.3, 0.4) is 0 Å². The predicted molar refractivity (Wildman–Crippen MR) is 96.9 cm³/mol. The van der Waals surface area contributed by atoms with E-state index in [4.69, 9.17) is 9.47 Å². The Morgan fingerprint density at radius 3 is 2.18 bits per heavy atom. The van der Waals surface area contributed by atoms with Crippen LogP contribution in [0.1, 0.15) is 11.1 Å². The molecule has 2 aromatic carbocycles. The highest BCUT2D eigenvalue weighted by Crippen LogP contribution is 2.30. The van der Waals surface area contributed by atoms with Crippen molar-refractivity contribution in [3.8, 4) is 11.5 Å². The molecule has 4 rings (SSSR count). The molecule has 1 atom stereocenters. The Morgan fingerprint density at radius 1 is 0.929 bits per heavy atom. The minimum Gasteiger partial charge on any atom is -0.489 e. The molecule has 0 bridgehead atoms. The topological polar surface area (TPSA) is 61.8 Å². The summed E-state index contributed by atoms with van der Waals surface area (Å²) in [6, 6.07) is 14.5. The van der Waals surface area contributed by atoms with Crippen LogP contribution in [-0.2, 0) is 14.3 Å². The van der Waals surface area contributed by atoms with Crippen LogP contribution >= 0.6 is 0 Å². The highest BCUT2D eigenvalue weighted by atomic mass is 32.2. The Kier molecular flexibility index (Phi) is 5.76. The number of fused-ring (bicyclic) bond motifs is 2. The maximum absolute atomic E-state index is 12.1. The summed E-state index contributed by atoms with van der Waals surface area (Å²) in [4.78, 5) is 0. The quantitative estimate of drug-likeness (QED) is 0.541. The monoisotopic (exact) mass is 412 g/mol. The summed E-state index contributed by atoms with van der Waals surface area (Å²) in [5.74, 6) is 1.24. The maximum atomic E-state index is 12.1. The SMILES string of the molecule is C1=Cc2ccccc2OC1.O=S(=O)(OC1C=Cc2ccccc2O1)C(F)(F)F. The molecule has 0 saturated carbocycles. The molecule has 9 heteroatoms. The highest BCUT2D eigenvalue weighted by Gasteiger charge is 2.49. The van der Waals surface area contributed by atoms with Gasteiger partial charge < -0.3 is 9.47 Å². The lowest BCUT2D eigenvalue weighted by atomic mass is 10.1. The summed E-state index contributed by atoms with van der Waals surface area (Å²) in [5.41, 5.74) is -3.67. The van der Waals surface area contributed by atoms with Crippen molar-refractivity contribution >= 4 is 22.3 Å². The lowest BCUT2D eigenvalue weighted by Crippen LogP contribution is -2.32. The Balaban J connectivity index is 0.000000188. The molecule has 2 heterocycles. The summed E-state index contributed by atoms with van der Waals surface area (Å²) < 4.78 is 72.1. The predicted octanol–water partition coefficient (Wildman–Crippen LogP) is 4.38. The standard InChI is InChI=1S/C10H7F3O4S.C9H8O/c11-10(12,13)18(14,15)17-9-6-5-7-3-1-2-4-8(7)16-9;1-2-6-9-8(4-1)5-3-7-10-9/h1-6,9H;1-6H,7H2. The normalized spacial score (nSPS) is 17.3. The molecule has 28 heavy (non-hydrogen) atoms. The van der Waals surface area contributed by atoms with E-state index in [9.17, 15) is 21.6 Å². The van der Waals surface area contributed by atoms with E-state index in [0.717, 1.165) is 11.8 Å². The third-order valence-corrected chi connectivity index (χ3v) is 4.66. The first kappa shape index (κ1) is 20.0. The molecular formula is C19H15F3O5S. The first-order chi connectivity index (χ1) is 13.3. The van der Waals surface area contributed by atoms with Crippen molar-refractivity contribution in [3.05, 3.63) is 71.8 Å². The van der Waals surface area contributed by atoms with Gasteiger partial charge in [-0.15, -0.1) is 0 Å². The van der Waals surface area contributed by atoms with Gasteiger partial charge in [0.15, 0.2) is 0 Å². The van der Waals surface area contributed by atoms with Crippen LogP contribution in [-0.4, -0.2) is 26.8 Å². The number of hydrogen-bond donors (Lipinski definition) is 0. The molecule has 2 aliphatic rings. The lowest BCUT2D eigenvalue weighted by Gasteiger charge is -2.21. The van der Waals surface area contributed by atoms with Gasteiger partial charge in [-0.25, -0.2) is 4.18 Å². The number of para-hydroxylation sites is 2. The van der Waals surface area contributed by atoms with Crippen LogP contribution in [0.25, 0.3) is 12.2 Å². The molecule has 0 aliphatic carbocycles. The number of ether oxygens (including phenoxy) is 2. The van der Waals surface area contributed by atoms with Crippen molar-refractivity contribution in [2.24, 2.45) is 0 Å².